The van der Waals surface area contributed by atoms with Crippen LogP contribution in [-0.4, -0.2) is 80.7 Å². The number of hydrogen-bond acceptors (Lipinski definition) is 6. The molecule has 0 aromatic heterocycles. The fourth-order valence-electron chi connectivity index (χ4n) is 1.87. The number of hydrogen-bond donors (Lipinski definition) is 3. The van der Waals surface area contributed by atoms with Crippen LogP contribution in [0.3, 0.4) is 0 Å². The van der Waals surface area contributed by atoms with Crippen molar-refractivity contribution in [3.63, 3.8) is 0 Å². The molecule has 1 fully saturated rings. The van der Waals surface area contributed by atoms with Gasteiger partial charge in [0.25, 0.3) is 0 Å². The Bertz CT molecular complexity index is 326. The van der Waals surface area contributed by atoms with Gasteiger partial charge in [-0.1, -0.05) is 0 Å². The second-order valence-corrected chi connectivity index (χ2v) is 4.71. The molecule has 0 aromatic carbocycles. The van der Waals surface area contributed by atoms with Crippen molar-refractivity contribution in [2.45, 2.75) is 19.1 Å². The van der Waals surface area contributed by atoms with Gasteiger partial charge in [0.2, 0.25) is 5.91 Å². The summed E-state index contributed by atoms with van der Waals surface area (Å²) >= 11 is 0. The molecule has 0 saturated carbocycles. The smallest absolute Gasteiger partial charge is 0.321 e. The average molecular weight is 289 g/mol. The largest absolute Gasteiger partial charge is 0.394 e. The first kappa shape index (κ1) is 16.8. The van der Waals surface area contributed by atoms with Crippen LogP contribution < -0.4 is 10.6 Å². The molecule has 2 unspecified atom stereocenters. The molecule has 0 bridgehead atoms. The van der Waals surface area contributed by atoms with Crippen molar-refractivity contribution in [2.24, 2.45) is 0 Å². The van der Waals surface area contributed by atoms with Gasteiger partial charge in [-0.05, 0) is 6.92 Å². The monoisotopic (exact) mass is 289 g/mol. The van der Waals surface area contributed by atoms with E-state index >= 15 is 0 Å². The van der Waals surface area contributed by atoms with Crippen molar-refractivity contribution in [3.8, 4) is 0 Å². The van der Waals surface area contributed by atoms with Gasteiger partial charge in [-0.2, -0.15) is 0 Å². The second kappa shape index (κ2) is 8.85. The number of rotatable bonds is 6. The van der Waals surface area contributed by atoms with Gasteiger partial charge in [0.1, 0.15) is 0 Å². The topological polar surface area (TPSA) is 100 Å². The molecule has 3 N–H and O–H groups in total. The van der Waals surface area contributed by atoms with Crippen molar-refractivity contribution in [2.75, 3.05) is 46.6 Å². The Labute approximate surface area is 118 Å². The molecular weight excluding hydrogens is 266 g/mol. The van der Waals surface area contributed by atoms with E-state index in [-0.39, 0.29) is 31.2 Å². The molecule has 20 heavy (non-hydrogen) atoms. The number of morpholine rings is 1. The highest BCUT2D eigenvalue weighted by atomic mass is 16.5. The van der Waals surface area contributed by atoms with E-state index in [9.17, 15) is 9.59 Å². The molecule has 8 heteroatoms. The molecule has 116 valence electrons. The Morgan fingerprint density at radius 3 is 2.90 bits per heavy atom. The van der Waals surface area contributed by atoms with E-state index in [1.54, 1.807) is 0 Å². The third-order valence-electron chi connectivity index (χ3n) is 3.03. The molecule has 0 aromatic rings. The predicted molar refractivity (Wildman–Crippen MR) is 71.3 cm³/mol. The summed E-state index contributed by atoms with van der Waals surface area (Å²) < 4.78 is 10.2. The predicted octanol–water partition coefficient (Wildman–Crippen LogP) is -1.46. The minimum absolute atomic E-state index is 0.0695. The number of aliphatic hydroxyl groups is 1. The standard InChI is InChI=1S/C12H23N3O5/c1-9-8-20-10(7-16)5-15(9)6-11(17)14-12(18)13-3-4-19-2/h9-10,16H,3-8H2,1-2H3,(H2,13,14,17,18). The molecule has 0 spiro atoms. The number of nitrogens with zero attached hydrogens (tertiary/aromatic N) is 1. The Kier molecular flexibility index (Phi) is 7.45. The van der Waals surface area contributed by atoms with Crippen molar-refractivity contribution in [1.29, 1.82) is 0 Å². The van der Waals surface area contributed by atoms with Crippen LogP contribution in [0.1, 0.15) is 6.92 Å². The summed E-state index contributed by atoms with van der Waals surface area (Å²) in [6.07, 6.45) is -0.283. The third kappa shape index (κ3) is 5.83. The lowest BCUT2D eigenvalue weighted by Gasteiger charge is -2.36. The third-order valence-corrected chi connectivity index (χ3v) is 3.03. The number of imide groups is 1. The number of methoxy groups -OCH3 is 1. The van der Waals surface area contributed by atoms with Gasteiger partial charge in [-0.3, -0.25) is 15.0 Å². The van der Waals surface area contributed by atoms with Gasteiger partial charge in [-0.25, -0.2) is 4.79 Å². The van der Waals surface area contributed by atoms with E-state index in [1.807, 2.05) is 11.8 Å². The van der Waals surface area contributed by atoms with Crippen molar-refractivity contribution in [3.05, 3.63) is 0 Å². The number of urea groups is 1. The molecule has 1 rings (SSSR count). The first-order valence-corrected chi connectivity index (χ1v) is 6.60. The van der Waals surface area contributed by atoms with Gasteiger partial charge in [0.05, 0.1) is 32.5 Å². The molecule has 2 atom stereocenters. The van der Waals surface area contributed by atoms with Crippen LogP contribution in [0.2, 0.25) is 0 Å². The fourth-order valence-corrected chi connectivity index (χ4v) is 1.87. The van der Waals surface area contributed by atoms with E-state index in [0.717, 1.165) is 0 Å². The summed E-state index contributed by atoms with van der Waals surface area (Å²) in [4.78, 5) is 25.0. The normalized spacial score (nSPS) is 23.4. The Balaban J connectivity index is 2.31. The molecule has 1 heterocycles. The lowest BCUT2D eigenvalue weighted by atomic mass is 10.2. The highest BCUT2D eigenvalue weighted by molar-refractivity contribution is 5.95. The average Bonchev–Trinajstić information content (AvgIpc) is 2.41. The summed E-state index contributed by atoms with van der Waals surface area (Å²) in [5.74, 6) is -0.384. The van der Waals surface area contributed by atoms with Gasteiger partial charge >= 0.3 is 6.03 Å². The highest BCUT2D eigenvalue weighted by Crippen LogP contribution is 2.10. The molecular formula is C12H23N3O5. The maximum atomic E-state index is 11.7. The quantitative estimate of drug-likeness (QED) is 0.517. The van der Waals surface area contributed by atoms with Gasteiger partial charge in [-0.15, -0.1) is 0 Å². The number of ether oxygens (including phenoxy) is 2. The minimum atomic E-state index is -0.535. The van der Waals surface area contributed by atoms with E-state index in [4.69, 9.17) is 14.6 Å². The van der Waals surface area contributed by atoms with E-state index in [2.05, 4.69) is 10.6 Å². The molecule has 0 radical (unpaired) electrons. The highest BCUT2D eigenvalue weighted by Gasteiger charge is 2.27. The SMILES string of the molecule is COCCNC(=O)NC(=O)CN1CC(CO)OCC1C. The van der Waals surface area contributed by atoms with Gasteiger partial charge < -0.3 is 19.9 Å². The second-order valence-electron chi connectivity index (χ2n) is 4.71. The molecule has 1 saturated heterocycles. The number of aliphatic hydroxyl groups excluding tert-OH is 1. The van der Waals surface area contributed by atoms with Gasteiger partial charge in [0, 0.05) is 26.2 Å². The fraction of sp³-hybridized carbons (Fsp3) is 0.833. The van der Waals surface area contributed by atoms with Crippen LogP contribution in [0.4, 0.5) is 4.79 Å². The lowest BCUT2D eigenvalue weighted by Crippen LogP contribution is -2.53. The lowest BCUT2D eigenvalue weighted by molar-refractivity contribution is -0.126. The van der Waals surface area contributed by atoms with Gasteiger partial charge in [0.15, 0.2) is 0 Å². The summed E-state index contributed by atoms with van der Waals surface area (Å²) in [6.45, 7) is 3.60. The Morgan fingerprint density at radius 1 is 1.50 bits per heavy atom. The Hall–Kier alpha value is -1.22. The Morgan fingerprint density at radius 2 is 2.25 bits per heavy atom. The summed E-state index contributed by atoms with van der Waals surface area (Å²) in [7, 11) is 1.53. The number of carbonyl (C=O) groups excluding carboxylic acids is 2. The molecule has 1 aliphatic heterocycles. The number of amides is 3. The zero-order valence-electron chi connectivity index (χ0n) is 11.9. The van der Waals surface area contributed by atoms with Crippen LogP contribution in [0.5, 0.6) is 0 Å². The molecule has 8 nitrogen and oxygen atoms in total. The molecule has 0 aliphatic carbocycles. The van der Waals surface area contributed by atoms with E-state index in [1.165, 1.54) is 7.11 Å². The van der Waals surface area contributed by atoms with Crippen LogP contribution in [0.15, 0.2) is 0 Å². The van der Waals surface area contributed by atoms with E-state index < -0.39 is 6.03 Å². The minimum Gasteiger partial charge on any atom is -0.394 e. The first-order valence-electron chi connectivity index (χ1n) is 6.60. The first-order chi connectivity index (χ1) is 9.56. The maximum absolute atomic E-state index is 11.7. The molecule has 3 amide bonds. The molecule has 1 aliphatic rings. The number of carbonyl (C=O) groups is 2. The van der Waals surface area contributed by atoms with Crippen molar-refractivity contribution in [1.82, 2.24) is 15.5 Å². The summed E-state index contributed by atoms with van der Waals surface area (Å²) in [5.41, 5.74) is 0. The van der Waals surface area contributed by atoms with Crippen LogP contribution in [0.25, 0.3) is 0 Å². The summed E-state index contributed by atoms with van der Waals surface area (Å²) in [5, 5.41) is 13.8. The summed E-state index contributed by atoms with van der Waals surface area (Å²) in [6, 6.07) is -0.466. The van der Waals surface area contributed by atoms with Crippen LogP contribution in [-0.2, 0) is 14.3 Å². The van der Waals surface area contributed by atoms with Crippen LogP contribution >= 0.6 is 0 Å². The van der Waals surface area contributed by atoms with Crippen molar-refractivity contribution < 1.29 is 24.2 Å². The maximum Gasteiger partial charge on any atom is 0.321 e. The van der Waals surface area contributed by atoms with E-state index in [0.29, 0.717) is 26.3 Å². The zero-order valence-corrected chi connectivity index (χ0v) is 11.9. The zero-order chi connectivity index (χ0) is 15.0. The van der Waals surface area contributed by atoms with Crippen LogP contribution in [0, 0.1) is 0 Å². The number of nitrogens with one attached hydrogen (secondary N) is 2. The van der Waals surface area contributed by atoms with Crippen molar-refractivity contribution >= 4 is 11.9 Å².